The van der Waals surface area contributed by atoms with Crippen molar-refractivity contribution in [2.45, 2.75) is 32.2 Å². The minimum atomic E-state index is -1.03. The lowest BCUT2D eigenvalue weighted by Gasteiger charge is -2.33. The zero-order valence-electron chi connectivity index (χ0n) is 14.9. The molecule has 2 heterocycles. The highest BCUT2D eigenvalue weighted by Crippen LogP contribution is 2.29. The summed E-state index contributed by atoms with van der Waals surface area (Å²) in [5, 5.41) is 11.2. The molecule has 2 aromatic rings. The molecule has 27 heavy (non-hydrogen) atoms. The van der Waals surface area contributed by atoms with Crippen LogP contribution >= 0.6 is 0 Å². The summed E-state index contributed by atoms with van der Waals surface area (Å²) < 4.78 is 10.7. The highest BCUT2D eigenvalue weighted by molar-refractivity contribution is 5.79. The van der Waals surface area contributed by atoms with Gasteiger partial charge in [-0.2, -0.15) is 0 Å². The smallest absolute Gasteiger partial charge is 0.433 e. The molecule has 3 rings (SSSR count). The molecular formula is C18H20N4O5. The third-order valence-corrected chi connectivity index (χ3v) is 4.30. The second-order valence-corrected chi connectivity index (χ2v) is 6.52. The maximum atomic E-state index is 12.3. The monoisotopic (exact) mass is 372 g/mol. The molecule has 9 nitrogen and oxygen atoms in total. The number of hydrogen-bond acceptors (Lipinski definition) is 6. The van der Waals surface area contributed by atoms with E-state index < -0.39 is 17.9 Å². The number of ether oxygens (including phenoxy) is 2. The standard InChI is InChI=1S/C18H20N4O5/c1-18(2)15(27-17(24)21-25)20-16(23)22(18)11-12-3-5-13(6-4-12)26-14-7-9-19-10-8-14/h3-10,15,25H,11H2,1-2H3,(H,20,23)(H,21,24)/t15-/m1/s1. The number of nitrogens with one attached hydrogen (secondary N) is 2. The van der Waals surface area contributed by atoms with Crippen molar-refractivity contribution in [1.29, 1.82) is 0 Å². The normalized spacial score (nSPS) is 18.0. The van der Waals surface area contributed by atoms with Crippen LogP contribution in [0.3, 0.4) is 0 Å². The van der Waals surface area contributed by atoms with Crippen LogP contribution in [-0.2, 0) is 11.3 Å². The van der Waals surface area contributed by atoms with E-state index in [2.05, 4.69) is 10.3 Å². The maximum Gasteiger partial charge on any atom is 0.433 e. The summed E-state index contributed by atoms with van der Waals surface area (Å²) in [7, 11) is 0. The first-order valence-electron chi connectivity index (χ1n) is 8.26. The SMILES string of the molecule is CC1(C)[C@@H](OC(=O)NO)NC(=O)N1Cc1ccc(Oc2ccncc2)cc1. The second-order valence-electron chi connectivity index (χ2n) is 6.52. The Hall–Kier alpha value is -3.33. The molecule has 0 radical (unpaired) electrons. The number of carbonyl (C=O) groups excluding carboxylic acids is 2. The van der Waals surface area contributed by atoms with E-state index in [0.717, 1.165) is 5.56 Å². The van der Waals surface area contributed by atoms with Crippen molar-refractivity contribution in [2.24, 2.45) is 0 Å². The molecule has 3 N–H and O–H groups in total. The van der Waals surface area contributed by atoms with Crippen LogP contribution in [0.4, 0.5) is 9.59 Å². The molecule has 1 saturated heterocycles. The molecular weight excluding hydrogens is 352 g/mol. The van der Waals surface area contributed by atoms with Crippen LogP contribution in [0, 0.1) is 0 Å². The Morgan fingerprint density at radius 3 is 2.48 bits per heavy atom. The number of nitrogens with zero attached hydrogens (tertiary/aromatic N) is 2. The molecule has 1 fully saturated rings. The van der Waals surface area contributed by atoms with E-state index in [9.17, 15) is 9.59 Å². The van der Waals surface area contributed by atoms with Gasteiger partial charge in [-0.3, -0.25) is 10.2 Å². The van der Waals surface area contributed by atoms with Crippen LogP contribution in [0.25, 0.3) is 0 Å². The fraction of sp³-hybridized carbons (Fsp3) is 0.278. The highest BCUT2D eigenvalue weighted by Gasteiger charge is 2.48. The van der Waals surface area contributed by atoms with Crippen molar-refractivity contribution in [3.8, 4) is 11.5 Å². The number of pyridine rings is 1. The Kier molecular flexibility index (Phi) is 5.13. The quantitative estimate of drug-likeness (QED) is 0.549. The van der Waals surface area contributed by atoms with Gasteiger partial charge < -0.3 is 19.7 Å². The number of urea groups is 1. The van der Waals surface area contributed by atoms with Crippen LogP contribution < -0.4 is 15.5 Å². The molecule has 1 aliphatic rings. The van der Waals surface area contributed by atoms with Crippen molar-refractivity contribution in [1.82, 2.24) is 20.7 Å². The Balaban J connectivity index is 1.67. The first kappa shape index (κ1) is 18.5. The fourth-order valence-electron chi connectivity index (χ4n) is 2.74. The Morgan fingerprint density at radius 1 is 1.22 bits per heavy atom. The summed E-state index contributed by atoms with van der Waals surface area (Å²) in [5.41, 5.74) is 1.46. The summed E-state index contributed by atoms with van der Waals surface area (Å²) in [6.07, 6.45) is 1.36. The number of rotatable bonds is 5. The third-order valence-electron chi connectivity index (χ3n) is 4.30. The maximum absolute atomic E-state index is 12.3. The molecule has 9 heteroatoms. The van der Waals surface area contributed by atoms with Gasteiger partial charge in [0.25, 0.3) is 0 Å². The molecule has 0 saturated carbocycles. The van der Waals surface area contributed by atoms with Gasteiger partial charge in [0, 0.05) is 18.9 Å². The summed E-state index contributed by atoms with van der Waals surface area (Å²) in [6.45, 7) is 3.84. The molecule has 0 aliphatic carbocycles. The van der Waals surface area contributed by atoms with Gasteiger partial charge in [0.1, 0.15) is 11.5 Å². The van der Waals surface area contributed by atoms with Crippen LogP contribution in [0.15, 0.2) is 48.8 Å². The lowest BCUT2D eigenvalue weighted by atomic mass is 10.0. The first-order chi connectivity index (χ1) is 12.9. The zero-order chi connectivity index (χ0) is 19.4. The molecule has 3 amide bonds. The topological polar surface area (TPSA) is 113 Å². The van der Waals surface area contributed by atoms with Crippen LogP contribution in [0.5, 0.6) is 11.5 Å². The Bertz CT molecular complexity index is 810. The molecule has 1 aromatic heterocycles. The predicted octanol–water partition coefficient (Wildman–Crippen LogP) is 2.62. The average Bonchev–Trinajstić information content (AvgIpc) is 2.87. The van der Waals surface area contributed by atoms with Crippen molar-refractivity contribution >= 4 is 12.1 Å². The summed E-state index contributed by atoms with van der Waals surface area (Å²) in [5.74, 6) is 1.34. The third kappa shape index (κ3) is 4.09. The van der Waals surface area contributed by atoms with Gasteiger partial charge in [-0.25, -0.2) is 15.1 Å². The van der Waals surface area contributed by atoms with Crippen LogP contribution in [0.1, 0.15) is 19.4 Å². The van der Waals surface area contributed by atoms with Gasteiger partial charge in [-0.1, -0.05) is 12.1 Å². The largest absolute Gasteiger partial charge is 0.457 e. The van der Waals surface area contributed by atoms with Gasteiger partial charge in [0.2, 0.25) is 6.23 Å². The molecule has 1 aromatic carbocycles. The van der Waals surface area contributed by atoms with Gasteiger partial charge in [0.15, 0.2) is 0 Å². The van der Waals surface area contributed by atoms with E-state index in [-0.39, 0.29) is 6.03 Å². The average molecular weight is 372 g/mol. The van der Waals surface area contributed by atoms with E-state index in [1.54, 1.807) is 43.3 Å². The number of amides is 3. The van der Waals surface area contributed by atoms with E-state index in [0.29, 0.717) is 18.0 Å². The second kappa shape index (κ2) is 7.50. The van der Waals surface area contributed by atoms with E-state index in [4.69, 9.17) is 14.7 Å². The molecule has 1 aliphatic heterocycles. The van der Waals surface area contributed by atoms with E-state index in [1.807, 2.05) is 24.3 Å². The van der Waals surface area contributed by atoms with Gasteiger partial charge >= 0.3 is 12.1 Å². The van der Waals surface area contributed by atoms with Crippen LogP contribution in [-0.4, -0.2) is 39.0 Å². The number of hydrogen-bond donors (Lipinski definition) is 3. The van der Waals surface area contributed by atoms with Gasteiger partial charge in [0.05, 0.1) is 5.54 Å². The lowest BCUT2D eigenvalue weighted by Crippen LogP contribution is -2.49. The summed E-state index contributed by atoms with van der Waals surface area (Å²) in [6, 6.07) is 10.5. The van der Waals surface area contributed by atoms with E-state index in [1.165, 1.54) is 5.48 Å². The number of carbonyl (C=O) groups is 2. The van der Waals surface area contributed by atoms with Gasteiger partial charge in [-0.15, -0.1) is 0 Å². The van der Waals surface area contributed by atoms with Gasteiger partial charge in [-0.05, 0) is 43.7 Å². The lowest BCUT2D eigenvalue weighted by molar-refractivity contribution is 0.00485. The Labute approximate surface area is 155 Å². The molecule has 0 spiro atoms. The number of aromatic nitrogens is 1. The summed E-state index contributed by atoms with van der Waals surface area (Å²) in [4.78, 5) is 29.0. The number of hydroxylamine groups is 1. The molecule has 0 unspecified atom stereocenters. The zero-order valence-corrected chi connectivity index (χ0v) is 14.9. The highest BCUT2D eigenvalue weighted by atomic mass is 16.6. The molecule has 1 atom stereocenters. The Morgan fingerprint density at radius 2 is 1.85 bits per heavy atom. The first-order valence-corrected chi connectivity index (χ1v) is 8.26. The van der Waals surface area contributed by atoms with Crippen LogP contribution in [0.2, 0.25) is 0 Å². The molecule has 0 bridgehead atoms. The summed E-state index contributed by atoms with van der Waals surface area (Å²) >= 11 is 0. The van der Waals surface area contributed by atoms with Crippen molar-refractivity contribution in [3.63, 3.8) is 0 Å². The van der Waals surface area contributed by atoms with Crippen molar-refractivity contribution in [3.05, 3.63) is 54.4 Å². The minimum absolute atomic E-state index is 0.314. The molecule has 142 valence electrons. The van der Waals surface area contributed by atoms with E-state index >= 15 is 0 Å². The number of benzene rings is 1. The predicted molar refractivity (Wildman–Crippen MR) is 94.1 cm³/mol. The van der Waals surface area contributed by atoms with Crippen molar-refractivity contribution in [2.75, 3.05) is 0 Å². The fourth-order valence-corrected chi connectivity index (χ4v) is 2.74. The van der Waals surface area contributed by atoms with Crippen molar-refractivity contribution < 1.29 is 24.3 Å². The minimum Gasteiger partial charge on any atom is -0.457 e.